The first kappa shape index (κ1) is 13.0. The molecule has 1 rings (SSSR count). The molecule has 0 spiro atoms. The lowest BCUT2D eigenvalue weighted by atomic mass is 10.1. The minimum Gasteiger partial charge on any atom is -0.389 e. The van der Waals surface area contributed by atoms with Gasteiger partial charge in [0.05, 0.1) is 16.9 Å². The fraction of sp³-hybridized carbons (Fsp3) is 0.417. The van der Waals surface area contributed by atoms with E-state index in [9.17, 15) is 5.11 Å². The van der Waals surface area contributed by atoms with Gasteiger partial charge in [0.2, 0.25) is 0 Å². The predicted octanol–water partition coefficient (Wildman–Crippen LogP) is 2.53. The van der Waals surface area contributed by atoms with E-state index in [0.29, 0.717) is 12.1 Å². The number of hydrogen-bond acceptors (Lipinski definition) is 3. The van der Waals surface area contributed by atoms with Crippen LogP contribution in [0, 0.1) is 11.3 Å². The molecular formula is C12H15BrN2O. The van der Waals surface area contributed by atoms with Gasteiger partial charge in [0.15, 0.2) is 0 Å². The Morgan fingerprint density at radius 2 is 2.12 bits per heavy atom. The van der Waals surface area contributed by atoms with Gasteiger partial charge in [-0.2, -0.15) is 5.26 Å². The highest BCUT2D eigenvalue weighted by Gasteiger charge is 2.18. The number of rotatable bonds is 3. The molecule has 16 heavy (non-hydrogen) atoms. The predicted molar refractivity (Wildman–Crippen MR) is 68.4 cm³/mol. The molecule has 1 aromatic carbocycles. The fourth-order valence-electron chi connectivity index (χ4n) is 1.61. The quantitative estimate of drug-likeness (QED) is 0.927. The Balaban J connectivity index is 3.05. The van der Waals surface area contributed by atoms with E-state index in [4.69, 9.17) is 5.26 Å². The second kappa shape index (κ2) is 4.86. The maximum absolute atomic E-state index is 9.75. The number of anilines is 1. The van der Waals surface area contributed by atoms with Crippen LogP contribution in [0.4, 0.5) is 5.69 Å². The van der Waals surface area contributed by atoms with Gasteiger partial charge in [0.25, 0.3) is 0 Å². The smallest absolute Gasteiger partial charge is 0.103 e. The molecule has 4 heteroatoms. The lowest BCUT2D eigenvalue weighted by Crippen LogP contribution is -2.36. The highest BCUT2D eigenvalue weighted by Crippen LogP contribution is 2.27. The van der Waals surface area contributed by atoms with Crippen molar-refractivity contribution in [2.45, 2.75) is 19.4 Å². The number of nitrogens with zero attached hydrogens (tertiary/aromatic N) is 2. The minimum atomic E-state index is -0.788. The number of nitriles is 1. The van der Waals surface area contributed by atoms with Gasteiger partial charge in [0.1, 0.15) is 6.07 Å². The Morgan fingerprint density at radius 3 is 2.62 bits per heavy atom. The van der Waals surface area contributed by atoms with Crippen LogP contribution in [0.5, 0.6) is 0 Å². The Labute approximate surface area is 104 Å². The first-order chi connectivity index (χ1) is 7.35. The number of halogens is 1. The molecule has 3 nitrogen and oxygen atoms in total. The number of hydrogen-bond donors (Lipinski definition) is 1. The molecule has 0 bridgehead atoms. The molecule has 0 saturated heterocycles. The largest absolute Gasteiger partial charge is 0.389 e. The van der Waals surface area contributed by atoms with Gasteiger partial charge < -0.3 is 10.0 Å². The summed E-state index contributed by atoms with van der Waals surface area (Å²) in [5, 5.41) is 18.8. The molecule has 0 heterocycles. The van der Waals surface area contributed by atoms with Gasteiger partial charge >= 0.3 is 0 Å². The summed E-state index contributed by atoms with van der Waals surface area (Å²) in [5.74, 6) is 0. The van der Waals surface area contributed by atoms with Crippen LogP contribution in [0.1, 0.15) is 19.4 Å². The van der Waals surface area contributed by atoms with E-state index in [1.54, 1.807) is 13.8 Å². The van der Waals surface area contributed by atoms with E-state index >= 15 is 0 Å². The minimum absolute atomic E-state index is 0.470. The van der Waals surface area contributed by atoms with Crippen LogP contribution in [0.25, 0.3) is 0 Å². The van der Waals surface area contributed by atoms with Crippen LogP contribution in [0.3, 0.4) is 0 Å². The van der Waals surface area contributed by atoms with Crippen LogP contribution in [0.15, 0.2) is 22.7 Å². The third-order valence-corrected chi connectivity index (χ3v) is 2.80. The van der Waals surface area contributed by atoms with Crippen molar-refractivity contribution < 1.29 is 5.11 Å². The summed E-state index contributed by atoms with van der Waals surface area (Å²) in [4.78, 5) is 1.88. The molecule has 86 valence electrons. The van der Waals surface area contributed by atoms with Crippen molar-refractivity contribution >= 4 is 21.6 Å². The molecular weight excluding hydrogens is 268 g/mol. The van der Waals surface area contributed by atoms with Gasteiger partial charge in [-0.05, 0) is 41.9 Å². The van der Waals surface area contributed by atoms with Crippen molar-refractivity contribution in [3.05, 3.63) is 28.2 Å². The third kappa shape index (κ3) is 3.22. The summed E-state index contributed by atoms with van der Waals surface area (Å²) in [5.41, 5.74) is 0.623. The van der Waals surface area contributed by atoms with Crippen molar-refractivity contribution in [2.75, 3.05) is 18.5 Å². The highest BCUT2D eigenvalue weighted by atomic mass is 79.9. The maximum Gasteiger partial charge on any atom is 0.103 e. The third-order valence-electron chi connectivity index (χ3n) is 2.14. The molecule has 0 amide bonds. The lowest BCUT2D eigenvalue weighted by molar-refractivity contribution is 0.0886. The summed E-state index contributed by atoms with van der Waals surface area (Å²) in [6.07, 6.45) is 0. The summed E-state index contributed by atoms with van der Waals surface area (Å²) in [7, 11) is 1.86. The van der Waals surface area contributed by atoms with E-state index in [0.717, 1.165) is 10.2 Å². The van der Waals surface area contributed by atoms with Crippen molar-refractivity contribution in [1.82, 2.24) is 0 Å². The van der Waals surface area contributed by atoms with E-state index in [-0.39, 0.29) is 0 Å². The van der Waals surface area contributed by atoms with Gasteiger partial charge in [-0.1, -0.05) is 6.07 Å². The van der Waals surface area contributed by atoms with Gasteiger partial charge in [-0.15, -0.1) is 0 Å². The lowest BCUT2D eigenvalue weighted by Gasteiger charge is -2.28. The van der Waals surface area contributed by atoms with Crippen molar-refractivity contribution in [2.24, 2.45) is 0 Å². The van der Waals surface area contributed by atoms with E-state index in [1.165, 1.54) is 0 Å². The van der Waals surface area contributed by atoms with E-state index < -0.39 is 5.60 Å². The van der Waals surface area contributed by atoms with Gasteiger partial charge in [0, 0.05) is 18.1 Å². The monoisotopic (exact) mass is 282 g/mol. The molecule has 0 aliphatic heterocycles. The standard InChI is InChI=1S/C12H15BrN2O/c1-12(2,16)8-15(3)11-6-4-5-10(13)9(11)7-14/h4-6,16H,8H2,1-3H3. The Hall–Kier alpha value is -1.05. The summed E-state index contributed by atoms with van der Waals surface area (Å²) < 4.78 is 0.773. The zero-order valence-electron chi connectivity index (χ0n) is 9.66. The van der Waals surface area contributed by atoms with Crippen molar-refractivity contribution in [3.63, 3.8) is 0 Å². The van der Waals surface area contributed by atoms with Gasteiger partial charge in [-0.25, -0.2) is 0 Å². The van der Waals surface area contributed by atoms with Crippen LogP contribution < -0.4 is 4.90 Å². The van der Waals surface area contributed by atoms with Crippen LogP contribution in [0.2, 0.25) is 0 Å². The zero-order valence-corrected chi connectivity index (χ0v) is 11.2. The Kier molecular flexibility index (Phi) is 3.95. The Bertz CT molecular complexity index is 418. The highest BCUT2D eigenvalue weighted by molar-refractivity contribution is 9.10. The van der Waals surface area contributed by atoms with Gasteiger partial charge in [-0.3, -0.25) is 0 Å². The fourth-order valence-corrected chi connectivity index (χ4v) is 2.05. The van der Waals surface area contributed by atoms with Crippen LogP contribution in [-0.2, 0) is 0 Å². The number of likely N-dealkylation sites (N-methyl/N-ethyl adjacent to an activating group) is 1. The van der Waals surface area contributed by atoms with E-state index in [2.05, 4.69) is 22.0 Å². The normalized spacial score (nSPS) is 11.0. The first-order valence-corrected chi connectivity index (χ1v) is 5.76. The second-order valence-corrected chi connectivity index (χ2v) is 5.27. The summed E-state index contributed by atoms with van der Waals surface area (Å²) in [6, 6.07) is 7.74. The topological polar surface area (TPSA) is 47.3 Å². The molecule has 0 fully saturated rings. The van der Waals surface area contributed by atoms with Crippen molar-refractivity contribution in [3.8, 4) is 6.07 Å². The first-order valence-electron chi connectivity index (χ1n) is 4.97. The van der Waals surface area contributed by atoms with E-state index in [1.807, 2.05) is 30.1 Å². The molecule has 1 N–H and O–H groups in total. The second-order valence-electron chi connectivity index (χ2n) is 4.41. The van der Waals surface area contributed by atoms with Crippen molar-refractivity contribution in [1.29, 1.82) is 5.26 Å². The summed E-state index contributed by atoms with van der Waals surface area (Å²) in [6.45, 7) is 3.96. The molecule has 0 aliphatic rings. The summed E-state index contributed by atoms with van der Waals surface area (Å²) >= 11 is 3.34. The SMILES string of the molecule is CN(CC(C)(C)O)c1cccc(Br)c1C#N. The zero-order chi connectivity index (χ0) is 12.3. The number of benzene rings is 1. The average Bonchev–Trinajstić information content (AvgIpc) is 2.14. The molecule has 0 aliphatic carbocycles. The van der Waals surface area contributed by atoms with Crippen LogP contribution >= 0.6 is 15.9 Å². The maximum atomic E-state index is 9.75. The molecule has 0 atom stereocenters. The Morgan fingerprint density at radius 1 is 1.50 bits per heavy atom. The molecule has 0 aromatic heterocycles. The molecule has 0 radical (unpaired) electrons. The average molecular weight is 283 g/mol. The molecule has 0 unspecified atom stereocenters. The van der Waals surface area contributed by atoms with Crippen LogP contribution in [-0.4, -0.2) is 24.3 Å². The number of aliphatic hydroxyl groups is 1. The molecule has 0 saturated carbocycles. The molecule has 1 aromatic rings.